The van der Waals surface area contributed by atoms with E-state index in [1.807, 2.05) is 10.7 Å². The van der Waals surface area contributed by atoms with Crippen LogP contribution in [0.2, 0.25) is 0 Å². The minimum absolute atomic E-state index is 0.0646. The Morgan fingerprint density at radius 1 is 0.906 bits per heavy atom. The van der Waals surface area contributed by atoms with Gasteiger partial charge in [-0.2, -0.15) is 9.40 Å². The summed E-state index contributed by atoms with van der Waals surface area (Å²) >= 11 is 0. The predicted octanol–water partition coefficient (Wildman–Crippen LogP) is 4.04. The first-order valence-corrected chi connectivity index (χ1v) is 20.6. The number of nitrogens with one attached hydrogen (secondary N) is 1. The predicted molar refractivity (Wildman–Crippen MR) is 197 cm³/mol. The molecule has 14 nitrogen and oxygen atoms in total. The van der Waals surface area contributed by atoms with E-state index < -0.39 is 21.4 Å². The highest BCUT2D eigenvalue weighted by Gasteiger charge is 2.50. The molecule has 1 saturated heterocycles. The molecule has 1 aromatic carbocycles. The highest BCUT2D eigenvalue weighted by molar-refractivity contribution is 7.89. The van der Waals surface area contributed by atoms with Crippen LogP contribution in [0.15, 0.2) is 29.3 Å². The van der Waals surface area contributed by atoms with Crippen molar-refractivity contribution in [2.45, 2.75) is 106 Å². The highest BCUT2D eigenvalue weighted by atomic mass is 32.2. The smallest absolute Gasteiger partial charge is 0.307 e. The van der Waals surface area contributed by atoms with Gasteiger partial charge in [0.05, 0.1) is 77.0 Å². The van der Waals surface area contributed by atoms with Crippen LogP contribution in [0.3, 0.4) is 0 Å². The number of carbonyl (C=O) groups excluding carboxylic acids is 1. The average molecular weight is 763 g/mol. The molecule has 1 spiro atoms. The fraction of sp³-hybridized carbons (Fsp3) is 0.711. The van der Waals surface area contributed by atoms with Crippen LogP contribution in [0.4, 0.5) is 0 Å². The van der Waals surface area contributed by atoms with Gasteiger partial charge in [-0.1, -0.05) is 38.2 Å². The number of sulfonamides is 1. The first-order chi connectivity index (χ1) is 25.7. The van der Waals surface area contributed by atoms with E-state index in [0.29, 0.717) is 103 Å². The van der Waals surface area contributed by atoms with Crippen molar-refractivity contribution in [3.05, 3.63) is 41.2 Å². The molecule has 3 aliphatic rings. The first kappa shape index (κ1) is 41.1. The number of hydrogen-bond donors (Lipinski definition) is 2. The molecular formula is C38H58N4O10S. The monoisotopic (exact) mass is 762 g/mol. The lowest BCUT2D eigenvalue weighted by Crippen LogP contribution is -2.44. The largest absolute Gasteiger partial charge is 0.496 e. The molecule has 0 bridgehead atoms. The summed E-state index contributed by atoms with van der Waals surface area (Å²) in [5.41, 5.74) is 1.93. The van der Waals surface area contributed by atoms with Gasteiger partial charge >= 0.3 is 5.97 Å². The number of piperidine rings is 1. The van der Waals surface area contributed by atoms with E-state index in [2.05, 4.69) is 10.4 Å². The van der Waals surface area contributed by atoms with Gasteiger partial charge in [0.25, 0.3) is 0 Å². The van der Waals surface area contributed by atoms with E-state index in [-0.39, 0.29) is 29.2 Å². The number of aryl methyl sites for hydroxylation is 1. The molecule has 1 aromatic heterocycles. The van der Waals surface area contributed by atoms with Crippen LogP contribution in [0, 0.1) is 0 Å². The lowest BCUT2D eigenvalue weighted by atomic mass is 9.60. The normalized spacial score (nSPS) is 19.7. The summed E-state index contributed by atoms with van der Waals surface area (Å²) in [6, 6.07) is 5.34. The Morgan fingerprint density at radius 2 is 1.55 bits per heavy atom. The number of rotatable bonds is 19. The van der Waals surface area contributed by atoms with E-state index in [1.54, 1.807) is 29.7 Å². The fourth-order valence-electron chi connectivity index (χ4n) is 8.46. The maximum atomic E-state index is 14.6. The fourth-order valence-corrected chi connectivity index (χ4v) is 10.2. The van der Waals surface area contributed by atoms with E-state index in [0.717, 1.165) is 49.8 Å². The van der Waals surface area contributed by atoms with Gasteiger partial charge in [-0.3, -0.25) is 14.3 Å². The third-order valence-corrected chi connectivity index (χ3v) is 12.8. The third-order valence-electron chi connectivity index (χ3n) is 10.8. The molecule has 1 atom stereocenters. The Balaban J connectivity index is 1.20. The Hall–Kier alpha value is -3.08. The number of nitrogens with zero attached hydrogens (tertiary/aromatic N) is 3. The summed E-state index contributed by atoms with van der Waals surface area (Å²) in [4.78, 5) is 23.1. The van der Waals surface area contributed by atoms with E-state index in [1.165, 1.54) is 13.3 Å². The lowest BCUT2D eigenvalue weighted by molar-refractivity contribution is -0.136. The highest BCUT2D eigenvalue weighted by Crippen LogP contribution is 2.56. The minimum atomic E-state index is -3.90. The quantitative estimate of drug-likeness (QED) is 0.198. The molecule has 1 aliphatic carbocycles. The number of hydrogen-bond acceptors (Lipinski definition) is 10. The summed E-state index contributed by atoms with van der Waals surface area (Å²) in [7, 11) is -2.30. The van der Waals surface area contributed by atoms with Crippen molar-refractivity contribution < 1.29 is 46.8 Å². The Bertz CT molecular complexity index is 1580. The van der Waals surface area contributed by atoms with Gasteiger partial charge in [-0.25, -0.2) is 8.42 Å². The number of ether oxygens (including phenoxy) is 5. The van der Waals surface area contributed by atoms with Crippen molar-refractivity contribution >= 4 is 21.9 Å². The van der Waals surface area contributed by atoms with Gasteiger partial charge in [0.1, 0.15) is 5.75 Å². The number of benzene rings is 1. The van der Waals surface area contributed by atoms with Crippen LogP contribution in [0.25, 0.3) is 0 Å². The Morgan fingerprint density at radius 3 is 2.19 bits per heavy atom. The number of amides is 1. The van der Waals surface area contributed by atoms with Crippen LogP contribution in [-0.2, 0) is 56.9 Å². The molecule has 2 N–H and O–H groups in total. The molecule has 3 heterocycles. The molecule has 1 unspecified atom stereocenters. The van der Waals surface area contributed by atoms with Crippen molar-refractivity contribution in [1.82, 2.24) is 19.4 Å². The zero-order chi connectivity index (χ0) is 37.7. The maximum Gasteiger partial charge on any atom is 0.307 e. The van der Waals surface area contributed by atoms with E-state index >= 15 is 0 Å². The van der Waals surface area contributed by atoms with Gasteiger partial charge in [0.15, 0.2) is 0 Å². The van der Waals surface area contributed by atoms with Crippen molar-refractivity contribution in [2.75, 3.05) is 73.0 Å². The van der Waals surface area contributed by atoms with Crippen molar-refractivity contribution in [1.29, 1.82) is 0 Å². The van der Waals surface area contributed by atoms with Crippen molar-refractivity contribution in [2.24, 2.45) is 0 Å². The van der Waals surface area contributed by atoms with Gasteiger partial charge in [-0.05, 0) is 44.2 Å². The summed E-state index contributed by atoms with van der Waals surface area (Å²) in [6.07, 6.45) is 10.4. The molecular weight excluding hydrogens is 705 g/mol. The van der Waals surface area contributed by atoms with Crippen LogP contribution in [-0.4, -0.2) is 119 Å². The number of carboxylic acids is 1. The minimum Gasteiger partial charge on any atom is -0.496 e. The number of methoxy groups -OCH3 is 1. The Labute approximate surface area is 313 Å². The van der Waals surface area contributed by atoms with Gasteiger partial charge in [-0.15, -0.1) is 0 Å². The Kier molecular flexibility index (Phi) is 15.5. The number of aliphatic carboxylic acids is 1. The van der Waals surface area contributed by atoms with Crippen molar-refractivity contribution in [3.8, 4) is 5.75 Å². The molecule has 296 valence electrons. The van der Waals surface area contributed by atoms with Gasteiger partial charge in [0, 0.05) is 61.3 Å². The van der Waals surface area contributed by atoms with Gasteiger partial charge in [0.2, 0.25) is 15.9 Å². The number of aromatic nitrogens is 2. The van der Waals surface area contributed by atoms with Crippen LogP contribution in [0.1, 0.15) is 93.9 Å². The third kappa shape index (κ3) is 10.6. The summed E-state index contributed by atoms with van der Waals surface area (Å²) in [5.74, 6) is -0.604. The van der Waals surface area contributed by atoms with Crippen LogP contribution in [0.5, 0.6) is 5.75 Å². The number of carbonyl (C=O) groups is 2. The second kappa shape index (κ2) is 20.0. The molecule has 0 radical (unpaired) electrons. The van der Waals surface area contributed by atoms with Crippen LogP contribution < -0.4 is 10.1 Å². The molecule has 1 saturated carbocycles. The van der Waals surface area contributed by atoms with Gasteiger partial charge < -0.3 is 34.1 Å². The lowest BCUT2D eigenvalue weighted by Gasteiger charge is -2.47. The first-order valence-electron chi connectivity index (χ1n) is 19.2. The molecule has 2 aromatic rings. The number of carboxylic acid groups (broad SMARTS) is 1. The second-order valence-electron chi connectivity index (χ2n) is 14.2. The zero-order valence-electron chi connectivity index (χ0n) is 31.4. The summed E-state index contributed by atoms with van der Waals surface area (Å²) in [5, 5.41) is 17.1. The molecule has 2 aliphatic heterocycles. The summed E-state index contributed by atoms with van der Waals surface area (Å²) in [6.45, 7) is 6.23. The van der Waals surface area contributed by atoms with E-state index in [4.69, 9.17) is 23.7 Å². The standard InChI is InChI=1S/C38H58N4O10S/c1-29(43)39-16-20-49-21-22-50-23-24-51-25-26-52-31-11-17-41(18-12-31)53(46,47)34-10-8-9-33(48-2)36(34)32-13-19-42-37(30(28-40-42)27-35(44)45)38(32)14-6-4-3-5-7-15-38/h8-10,28,31-32H,3-7,11-27H2,1-2H3,(H,39,43)(H,44,45). The molecule has 1 amide bonds. The maximum absolute atomic E-state index is 14.6. The SMILES string of the molecule is COc1cccc(S(=O)(=O)N2CCC(OCCOCCOCCOCCNC(C)=O)CC2)c1C1CCn2ncc(CC(=O)O)c2C12CCCCCCC2. The molecule has 5 rings (SSSR count). The topological polar surface area (TPSA) is 168 Å². The number of fused-ring (bicyclic) bond motifs is 2. The second-order valence-corrected chi connectivity index (χ2v) is 16.1. The van der Waals surface area contributed by atoms with E-state index in [9.17, 15) is 23.1 Å². The average Bonchev–Trinajstić information content (AvgIpc) is 3.54. The van der Waals surface area contributed by atoms with Crippen LogP contribution >= 0.6 is 0 Å². The summed E-state index contributed by atoms with van der Waals surface area (Å²) < 4.78 is 61.3. The van der Waals surface area contributed by atoms with Crippen molar-refractivity contribution in [3.63, 3.8) is 0 Å². The molecule has 15 heteroatoms. The zero-order valence-corrected chi connectivity index (χ0v) is 32.2. The molecule has 53 heavy (non-hydrogen) atoms. The molecule has 2 fully saturated rings.